The first-order valence-electron chi connectivity index (χ1n) is 7.01. The molecular formula is C17H15ClFNO4. The average Bonchev–Trinajstić information content (AvgIpc) is 2.60. The van der Waals surface area contributed by atoms with Crippen LogP contribution in [0.5, 0.6) is 5.75 Å². The fraction of sp³-hybridized carbons (Fsp3) is 0.176. The number of carbonyl (C=O) groups excluding carboxylic acids is 2. The average molecular weight is 352 g/mol. The van der Waals surface area contributed by atoms with Crippen LogP contribution in [0.1, 0.15) is 15.9 Å². The van der Waals surface area contributed by atoms with Crippen molar-refractivity contribution in [3.8, 4) is 5.75 Å². The summed E-state index contributed by atoms with van der Waals surface area (Å²) in [6.07, 6.45) is 0. The summed E-state index contributed by atoms with van der Waals surface area (Å²) in [5.41, 5.74) is 0.918. The number of ether oxygens (including phenoxy) is 2. The lowest BCUT2D eigenvalue weighted by Crippen LogP contribution is -2.28. The van der Waals surface area contributed by atoms with Crippen molar-refractivity contribution in [2.75, 3.05) is 13.7 Å². The van der Waals surface area contributed by atoms with Crippen molar-refractivity contribution in [1.29, 1.82) is 0 Å². The maximum Gasteiger partial charge on any atom is 0.338 e. The van der Waals surface area contributed by atoms with Crippen LogP contribution in [-0.4, -0.2) is 25.6 Å². The van der Waals surface area contributed by atoms with Gasteiger partial charge in [0, 0.05) is 6.54 Å². The summed E-state index contributed by atoms with van der Waals surface area (Å²) in [4.78, 5) is 23.5. The number of benzene rings is 2. The zero-order valence-electron chi connectivity index (χ0n) is 12.8. The molecule has 0 aliphatic heterocycles. The van der Waals surface area contributed by atoms with Crippen LogP contribution in [-0.2, 0) is 16.1 Å². The standard InChI is InChI=1S/C17H15ClFNO4/c1-23-13-4-2-3-11(7-13)9-20-16(21)10-24-17(22)12-5-6-15(19)14(18)8-12/h2-8H,9-10H2,1H3,(H,20,21). The maximum atomic E-state index is 13.0. The van der Waals surface area contributed by atoms with Crippen molar-refractivity contribution < 1.29 is 23.5 Å². The van der Waals surface area contributed by atoms with E-state index in [-0.39, 0.29) is 17.1 Å². The Balaban J connectivity index is 1.82. The minimum Gasteiger partial charge on any atom is -0.497 e. The first-order valence-corrected chi connectivity index (χ1v) is 7.39. The number of carbonyl (C=O) groups is 2. The lowest BCUT2D eigenvalue weighted by molar-refractivity contribution is -0.124. The van der Waals surface area contributed by atoms with E-state index in [0.717, 1.165) is 17.7 Å². The van der Waals surface area contributed by atoms with Gasteiger partial charge in [0.15, 0.2) is 6.61 Å². The molecule has 0 bridgehead atoms. The predicted octanol–water partition coefficient (Wildman–Crippen LogP) is 2.96. The van der Waals surface area contributed by atoms with Gasteiger partial charge >= 0.3 is 5.97 Å². The number of hydrogen-bond donors (Lipinski definition) is 1. The molecule has 126 valence electrons. The van der Waals surface area contributed by atoms with Crippen LogP contribution >= 0.6 is 11.6 Å². The number of hydrogen-bond acceptors (Lipinski definition) is 4. The van der Waals surface area contributed by atoms with Crippen LogP contribution in [0, 0.1) is 5.82 Å². The monoisotopic (exact) mass is 351 g/mol. The molecule has 0 atom stereocenters. The maximum absolute atomic E-state index is 13.0. The van der Waals surface area contributed by atoms with Crippen molar-refractivity contribution in [3.63, 3.8) is 0 Å². The van der Waals surface area contributed by atoms with E-state index in [1.165, 1.54) is 6.07 Å². The molecule has 0 aliphatic carbocycles. The van der Waals surface area contributed by atoms with E-state index >= 15 is 0 Å². The van der Waals surface area contributed by atoms with Gasteiger partial charge in [-0.15, -0.1) is 0 Å². The lowest BCUT2D eigenvalue weighted by atomic mass is 10.2. The molecule has 0 saturated carbocycles. The second-order valence-corrected chi connectivity index (χ2v) is 5.24. The molecule has 7 heteroatoms. The van der Waals surface area contributed by atoms with E-state index in [1.807, 2.05) is 6.07 Å². The summed E-state index contributed by atoms with van der Waals surface area (Å²) in [5.74, 6) is -1.17. The van der Waals surface area contributed by atoms with E-state index in [4.69, 9.17) is 21.1 Å². The molecule has 2 rings (SSSR count). The van der Waals surface area contributed by atoms with Gasteiger partial charge in [0.25, 0.3) is 5.91 Å². The molecule has 0 saturated heterocycles. The summed E-state index contributed by atoms with van der Waals surface area (Å²) in [7, 11) is 1.55. The minimum absolute atomic E-state index is 0.0713. The third-order valence-corrected chi connectivity index (χ3v) is 3.40. The Labute approximate surface area is 143 Å². The Morgan fingerprint density at radius 3 is 2.71 bits per heavy atom. The molecule has 24 heavy (non-hydrogen) atoms. The number of halogens is 2. The van der Waals surface area contributed by atoms with Crippen molar-refractivity contribution in [3.05, 3.63) is 64.4 Å². The molecule has 2 aromatic rings. The number of amides is 1. The van der Waals surface area contributed by atoms with Gasteiger partial charge in [0.1, 0.15) is 11.6 Å². The van der Waals surface area contributed by atoms with E-state index in [1.54, 1.807) is 25.3 Å². The fourth-order valence-corrected chi connectivity index (χ4v) is 2.05. The third kappa shape index (κ3) is 4.96. The summed E-state index contributed by atoms with van der Waals surface area (Å²) in [6, 6.07) is 10.6. The van der Waals surface area contributed by atoms with Crippen LogP contribution in [0.15, 0.2) is 42.5 Å². The molecule has 2 aromatic carbocycles. The molecule has 0 fully saturated rings. The van der Waals surface area contributed by atoms with Crippen LogP contribution in [0.25, 0.3) is 0 Å². The number of rotatable bonds is 6. The SMILES string of the molecule is COc1cccc(CNC(=O)COC(=O)c2ccc(F)c(Cl)c2)c1. The second kappa shape index (κ2) is 8.31. The van der Waals surface area contributed by atoms with E-state index in [0.29, 0.717) is 5.75 Å². The van der Waals surface area contributed by atoms with Gasteiger partial charge in [0.2, 0.25) is 0 Å². The smallest absolute Gasteiger partial charge is 0.338 e. The van der Waals surface area contributed by atoms with Crippen LogP contribution in [0.4, 0.5) is 4.39 Å². The molecule has 1 N–H and O–H groups in total. The van der Waals surface area contributed by atoms with Gasteiger partial charge in [-0.05, 0) is 35.9 Å². The Hall–Kier alpha value is -2.60. The van der Waals surface area contributed by atoms with Crippen LogP contribution in [0.3, 0.4) is 0 Å². The lowest BCUT2D eigenvalue weighted by Gasteiger charge is -2.08. The first-order chi connectivity index (χ1) is 11.5. The highest BCUT2D eigenvalue weighted by atomic mass is 35.5. The molecule has 0 heterocycles. The zero-order valence-corrected chi connectivity index (χ0v) is 13.6. The Bertz CT molecular complexity index is 751. The molecule has 0 unspecified atom stereocenters. The van der Waals surface area contributed by atoms with Gasteiger partial charge in [-0.3, -0.25) is 4.79 Å². The number of esters is 1. The summed E-state index contributed by atoms with van der Waals surface area (Å²) in [5, 5.41) is 2.43. The van der Waals surface area contributed by atoms with Crippen LogP contribution < -0.4 is 10.1 Å². The predicted molar refractivity (Wildman–Crippen MR) is 86.5 cm³/mol. The second-order valence-electron chi connectivity index (χ2n) is 4.83. The normalized spacial score (nSPS) is 10.1. The molecule has 0 aromatic heterocycles. The summed E-state index contributed by atoms with van der Waals surface area (Å²) >= 11 is 5.59. The largest absolute Gasteiger partial charge is 0.497 e. The molecule has 0 radical (unpaired) electrons. The molecule has 1 amide bonds. The van der Waals surface area contributed by atoms with E-state index < -0.39 is 24.3 Å². The number of nitrogens with one attached hydrogen (secondary N) is 1. The van der Waals surface area contributed by atoms with Gasteiger partial charge in [-0.2, -0.15) is 0 Å². The van der Waals surface area contributed by atoms with Gasteiger partial charge in [-0.25, -0.2) is 9.18 Å². The highest BCUT2D eigenvalue weighted by Gasteiger charge is 2.12. The third-order valence-electron chi connectivity index (χ3n) is 3.11. The summed E-state index contributed by atoms with van der Waals surface area (Å²) < 4.78 is 23.0. The molecule has 5 nitrogen and oxygen atoms in total. The van der Waals surface area contributed by atoms with Gasteiger partial charge in [-0.1, -0.05) is 23.7 Å². The topological polar surface area (TPSA) is 64.6 Å². The highest BCUT2D eigenvalue weighted by molar-refractivity contribution is 6.31. The fourth-order valence-electron chi connectivity index (χ4n) is 1.87. The Morgan fingerprint density at radius 1 is 1.21 bits per heavy atom. The molecule has 0 spiro atoms. The van der Waals surface area contributed by atoms with E-state index in [9.17, 15) is 14.0 Å². The van der Waals surface area contributed by atoms with Crippen molar-refractivity contribution >= 4 is 23.5 Å². The van der Waals surface area contributed by atoms with Crippen molar-refractivity contribution in [2.45, 2.75) is 6.54 Å². The number of methoxy groups -OCH3 is 1. The minimum atomic E-state index is -0.756. The van der Waals surface area contributed by atoms with Crippen LogP contribution in [0.2, 0.25) is 5.02 Å². The van der Waals surface area contributed by atoms with Gasteiger partial charge < -0.3 is 14.8 Å². The van der Waals surface area contributed by atoms with Crippen molar-refractivity contribution in [2.24, 2.45) is 0 Å². The van der Waals surface area contributed by atoms with Gasteiger partial charge in [0.05, 0.1) is 17.7 Å². The Kier molecular flexibility index (Phi) is 6.14. The Morgan fingerprint density at radius 2 is 2.00 bits per heavy atom. The van der Waals surface area contributed by atoms with E-state index in [2.05, 4.69) is 5.32 Å². The quantitative estimate of drug-likeness (QED) is 0.813. The van der Waals surface area contributed by atoms with Crippen molar-refractivity contribution in [1.82, 2.24) is 5.32 Å². The first kappa shape index (κ1) is 17.7. The molecule has 0 aliphatic rings. The summed E-state index contributed by atoms with van der Waals surface area (Å²) in [6.45, 7) is -0.173. The molecular weight excluding hydrogens is 337 g/mol. The zero-order chi connectivity index (χ0) is 17.5. The highest BCUT2D eigenvalue weighted by Crippen LogP contribution is 2.16.